The molecule has 0 saturated carbocycles. The molecule has 1 amide bonds. The second-order valence-electron chi connectivity index (χ2n) is 6.37. The van der Waals surface area contributed by atoms with E-state index in [0.717, 1.165) is 40.8 Å². The zero-order valence-corrected chi connectivity index (χ0v) is 16.9. The number of hydrogen-bond donors (Lipinski definition) is 1. The van der Waals surface area contributed by atoms with Crippen LogP contribution in [0.15, 0.2) is 59.8 Å². The van der Waals surface area contributed by atoms with Gasteiger partial charge in [0, 0.05) is 31.5 Å². The number of thioether (sulfide) groups is 1. The molecule has 0 aliphatic heterocycles. The minimum atomic E-state index is -0.0680. The van der Waals surface area contributed by atoms with E-state index in [4.69, 9.17) is 4.74 Å². The summed E-state index contributed by atoms with van der Waals surface area (Å²) in [5, 5.41) is 12.3. The Morgan fingerprint density at radius 3 is 2.57 bits per heavy atom. The molecule has 0 saturated heterocycles. The Labute approximate surface area is 169 Å². The van der Waals surface area contributed by atoms with Gasteiger partial charge in [-0.25, -0.2) is 0 Å². The van der Waals surface area contributed by atoms with Crippen molar-refractivity contribution in [3.05, 3.63) is 60.2 Å². The third-order valence-electron chi connectivity index (χ3n) is 4.15. The van der Waals surface area contributed by atoms with Gasteiger partial charge in [0.1, 0.15) is 0 Å². The van der Waals surface area contributed by atoms with Crippen LogP contribution in [0.25, 0.3) is 11.4 Å². The monoisotopic (exact) mass is 396 g/mol. The second-order valence-corrected chi connectivity index (χ2v) is 7.32. The number of carbonyl (C=O) groups excluding carboxylic acids is 1. The molecule has 1 heterocycles. The molecule has 28 heavy (non-hydrogen) atoms. The van der Waals surface area contributed by atoms with E-state index in [9.17, 15) is 4.79 Å². The van der Waals surface area contributed by atoms with Gasteiger partial charge < -0.3 is 14.6 Å². The second kappa shape index (κ2) is 10.1. The summed E-state index contributed by atoms with van der Waals surface area (Å²) in [6.07, 6.45) is 0.845. The summed E-state index contributed by atoms with van der Waals surface area (Å²) in [5.41, 5.74) is 2.95. The number of anilines is 1. The van der Waals surface area contributed by atoms with Crippen molar-refractivity contribution >= 4 is 23.4 Å². The van der Waals surface area contributed by atoms with Crippen LogP contribution in [0.2, 0.25) is 0 Å². The molecule has 0 aliphatic rings. The normalized spacial score (nSPS) is 10.8. The SMILES string of the molecule is COCCCn1c(SCC(=O)Nc2ccc(C)cc2)nnc1-c1ccccc1. The van der Waals surface area contributed by atoms with Crippen LogP contribution in [0.3, 0.4) is 0 Å². The highest BCUT2D eigenvalue weighted by Crippen LogP contribution is 2.24. The number of benzene rings is 2. The van der Waals surface area contributed by atoms with E-state index in [0.29, 0.717) is 6.61 Å². The summed E-state index contributed by atoms with van der Waals surface area (Å²) < 4.78 is 7.23. The van der Waals surface area contributed by atoms with Crippen LogP contribution in [0.4, 0.5) is 5.69 Å². The fraction of sp³-hybridized carbons (Fsp3) is 0.286. The van der Waals surface area contributed by atoms with Crippen molar-refractivity contribution < 1.29 is 9.53 Å². The zero-order valence-electron chi connectivity index (χ0n) is 16.1. The predicted molar refractivity (Wildman–Crippen MR) is 112 cm³/mol. The molecule has 7 heteroatoms. The van der Waals surface area contributed by atoms with Crippen molar-refractivity contribution in [2.24, 2.45) is 0 Å². The highest BCUT2D eigenvalue weighted by atomic mass is 32.2. The maximum Gasteiger partial charge on any atom is 0.234 e. The molecule has 1 N–H and O–H groups in total. The number of carbonyl (C=O) groups is 1. The zero-order chi connectivity index (χ0) is 19.8. The quantitative estimate of drug-likeness (QED) is 0.437. The van der Waals surface area contributed by atoms with E-state index in [1.165, 1.54) is 11.8 Å². The van der Waals surface area contributed by atoms with Gasteiger partial charge in [0.2, 0.25) is 5.91 Å². The van der Waals surface area contributed by atoms with Gasteiger partial charge in [0.25, 0.3) is 0 Å². The van der Waals surface area contributed by atoms with Gasteiger partial charge in [-0.2, -0.15) is 0 Å². The summed E-state index contributed by atoms with van der Waals surface area (Å²) in [7, 11) is 1.69. The van der Waals surface area contributed by atoms with E-state index in [2.05, 4.69) is 20.1 Å². The van der Waals surface area contributed by atoms with Crippen LogP contribution >= 0.6 is 11.8 Å². The Kier molecular flexibility index (Phi) is 7.22. The van der Waals surface area contributed by atoms with E-state index in [-0.39, 0.29) is 11.7 Å². The maximum atomic E-state index is 12.3. The lowest BCUT2D eigenvalue weighted by Crippen LogP contribution is -2.14. The topological polar surface area (TPSA) is 69.0 Å². The number of nitrogens with one attached hydrogen (secondary N) is 1. The summed E-state index contributed by atoms with van der Waals surface area (Å²) in [6, 6.07) is 17.7. The largest absolute Gasteiger partial charge is 0.385 e. The first kappa shape index (κ1) is 20.1. The standard InChI is InChI=1S/C21H24N4O2S/c1-16-9-11-18(12-10-16)22-19(26)15-28-21-24-23-20(17-7-4-3-5-8-17)25(21)13-6-14-27-2/h3-5,7-12H,6,13-15H2,1-2H3,(H,22,26). The fourth-order valence-electron chi connectivity index (χ4n) is 2.73. The van der Waals surface area contributed by atoms with Crippen LogP contribution in [0.5, 0.6) is 0 Å². The summed E-state index contributed by atoms with van der Waals surface area (Å²) >= 11 is 1.39. The number of aromatic nitrogens is 3. The van der Waals surface area contributed by atoms with Crippen molar-refractivity contribution in [1.29, 1.82) is 0 Å². The number of nitrogens with zero attached hydrogens (tertiary/aromatic N) is 3. The average Bonchev–Trinajstić information content (AvgIpc) is 3.12. The first-order chi connectivity index (χ1) is 13.7. The Hall–Kier alpha value is -2.64. The molecule has 3 rings (SSSR count). The van der Waals surface area contributed by atoms with Crippen molar-refractivity contribution in [3.8, 4) is 11.4 Å². The van der Waals surface area contributed by atoms with Gasteiger partial charge in [-0.05, 0) is 25.5 Å². The lowest BCUT2D eigenvalue weighted by molar-refractivity contribution is -0.113. The molecule has 3 aromatic rings. The molecule has 1 aromatic heterocycles. The predicted octanol–water partition coefficient (Wildman–Crippen LogP) is 4.02. The lowest BCUT2D eigenvalue weighted by Gasteiger charge is -2.10. The molecule has 0 aliphatic carbocycles. The Morgan fingerprint density at radius 1 is 1.11 bits per heavy atom. The molecule has 0 unspecified atom stereocenters. The number of amides is 1. The smallest absolute Gasteiger partial charge is 0.234 e. The number of hydrogen-bond acceptors (Lipinski definition) is 5. The number of aryl methyl sites for hydroxylation is 1. The third kappa shape index (κ3) is 5.43. The van der Waals surface area contributed by atoms with Gasteiger partial charge in [-0.3, -0.25) is 4.79 Å². The lowest BCUT2D eigenvalue weighted by atomic mass is 10.2. The molecule has 146 valence electrons. The molecule has 6 nitrogen and oxygen atoms in total. The number of methoxy groups -OCH3 is 1. The molecule has 0 radical (unpaired) electrons. The van der Waals surface area contributed by atoms with Crippen LogP contribution in [0, 0.1) is 6.92 Å². The summed E-state index contributed by atoms with van der Waals surface area (Å²) in [4.78, 5) is 12.3. The Balaban J connectivity index is 1.69. The minimum absolute atomic E-state index is 0.0680. The molecule has 2 aromatic carbocycles. The van der Waals surface area contributed by atoms with Gasteiger partial charge in [-0.15, -0.1) is 10.2 Å². The van der Waals surface area contributed by atoms with Crippen LogP contribution in [-0.4, -0.2) is 40.1 Å². The maximum absolute atomic E-state index is 12.3. The molecule has 0 atom stereocenters. The van der Waals surface area contributed by atoms with Crippen LogP contribution < -0.4 is 5.32 Å². The number of rotatable bonds is 9. The Morgan fingerprint density at radius 2 is 1.86 bits per heavy atom. The van der Waals surface area contributed by atoms with Crippen molar-refractivity contribution in [3.63, 3.8) is 0 Å². The minimum Gasteiger partial charge on any atom is -0.385 e. The van der Waals surface area contributed by atoms with Crippen molar-refractivity contribution in [2.45, 2.75) is 25.0 Å². The van der Waals surface area contributed by atoms with Gasteiger partial charge in [-0.1, -0.05) is 59.8 Å². The number of ether oxygens (including phenoxy) is 1. The van der Waals surface area contributed by atoms with Crippen LogP contribution in [-0.2, 0) is 16.1 Å². The van der Waals surface area contributed by atoms with Gasteiger partial charge in [0.05, 0.1) is 5.75 Å². The van der Waals surface area contributed by atoms with E-state index in [1.807, 2.05) is 61.5 Å². The fourth-order valence-corrected chi connectivity index (χ4v) is 3.49. The van der Waals surface area contributed by atoms with Crippen molar-refractivity contribution in [2.75, 3.05) is 24.8 Å². The summed E-state index contributed by atoms with van der Waals surface area (Å²) in [5.74, 6) is 1.00. The first-order valence-corrected chi connectivity index (χ1v) is 10.1. The van der Waals surface area contributed by atoms with Crippen LogP contribution in [0.1, 0.15) is 12.0 Å². The van der Waals surface area contributed by atoms with Crippen molar-refractivity contribution in [1.82, 2.24) is 14.8 Å². The molecular formula is C21H24N4O2S. The van der Waals surface area contributed by atoms with Gasteiger partial charge >= 0.3 is 0 Å². The molecule has 0 bridgehead atoms. The molecule has 0 fully saturated rings. The average molecular weight is 397 g/mol. The Bertz CT molecular complexity index is 895. The van der Waals surface area contributed by atoms with E-state index >= 15 is 0 Å². The first-order valence-electron chi connectivity index (χ1n) is 9.14. The highest BCUT2D eigenvalue weighted by Gasteiger charge is 2.15. The van der Waals surface area contributed by atoms with E-state index in [1.54, 1.807) is 7.11 Å². The summed E-state index contributed by atoms with van der Waals surface area (Å²) in [6.45, 7) is 3.40. The molecular weight excluding hydrogens is 372 g/mol. The van der Waals surface area contributed by atoms with E-state index < -0.39 is 0 Å². The third-order valence-corrected chi connectivity index (χ3v) is 5.11. The van der Waals surface area contributed by atoms with Gasteiger partial charge in [0.15, 0.2) is 11.0 Å². The highest BCUT2D eigenvalue weighted by molar-refractivity contribution is 7.99. The molecule has 0 spiro atoms.